The predicted molar refractivity (Wildman–Crippen MR) is 75.3 cm³/mol. The van der Waals surface area contributed by atoms with Crippen molar-refractivity contribution in [3.8, 4) is 11.5 Å². The van der Waals surface area contributed by atoms with Gasteiger partial charge in [0.25, 0.3) is 0 Å². The molecule has 0 fully saturated rings. The first-order chi connectivity index (χ1) is 9.15. The molecule has 2 rings (SSSR count). The number of ether oxygens (including phenoxy) is 2. The number of aliphatic hydroxyl groups is 1. The Labute approximate surface area is 120 Å². The lowest BCUT2D eigenvalue weighted by Gasteiger charge is -2.15. The van der Waals surface area contributed by atoms with Crippen LogP contribution in [0.1, 0.15) is 16.5 Å². The van der Waals surface area contributed by atoms with Crippen molar-refractivity contribution < 1.29 is 14.6 Å². The van der Waals surface area contributed by atoms with Gasteiger partial charge < -0.3 is 14.6 Å². The maximum Gasteiger partial charge on any atom is 0.179 e. The van der Waals surface area contributed by atoms with Gasteiger partial charge in [0.05, 0.1) is 30.9 Å². The van der Waals surface area contributed by atoms with Gasteiger partial charge in [0, 0.05) is 17.5 Å². The molecule has 102 valence electrons. The van der Waals surface area contributed by atoms with Gasteiger partial charge in [0.1, 0.15) is 0 Å². The van der Waals surface area contributed by atoms with Gasteiger partial charge >= 0.3 is 0 Å². The number of aromatic nitrogens is 1. The average molecular weight is 300 g/mol. The van der Waals surface area contributed by atoms with E-state index in [4.69, 9.17) is 21.1 Å². The Morgan fingerprint density at radius 1 is 1.37 bits per heavy atom. The van der Waals surface area contributed by atoms with E-state index >= 15 is 0 Å². The number of methoxy groups -OCH3 is 2. The summed E-state index contributed by atoms with van der Waals surface area (Å²) in [5, 5.41) is 10.6. The molecular formula is C13H14ClNO3S. The van der Waals surface area contributed by atoms with E-state index in [0.717, 1.165) is 4.88 Å². The third-order valence-corrected chi connectivity index (χ3v) is 3.80. The van der Waals surface area contributed by atoms with Gasteiger partial charge in [-0.2, -0.15) is 0 Å². The summed E-state index contributed by atoms with van der Waals surface area (Å²) in [6.07, 6.45) is 1.59. The third-order valence-electron chi connectivity index (χ3n) is 2.72. The first kappa shape index (κ1) is 14.1. The highest BCUT2D eigenvalue weighted by atomic mass is 35.5. The monoisotopic (exact) mass is 299 g/mol. The molecular weight excluding hydrogens is 286 g/mol. The van der Waals surface area contributed by atoms with Gasteiger partial charge in [-0.3, -0.25) is 4.98 Å². The lowest BCUT2D eigenvalue weighted by Crippen LogP contribution is -2.02. The van der Waals surface area contributed by atoms with Crippen LogP contribution < -0.4 is 9.47 Å². The van der Waals surface area contributed by atoms with Gasteiger partial charge in [0.2, 0.25) is 0 Å². The van der Waals surface area contributed by atoms with Crippen LogP contribution in [-0.4, -0.2) is 24.3 Å². The van der Waals surface area contributed by atoms with Crippen LogP contribution in [0.25, 0.3) is 0 Å². The Kier molecular flexibility index (Phi) is 4.63. The summed E-state index contributed by atoms with van der Waals surface area (Å²) in [5.41, 5.74) is 2.43. The number of rotatable bonds is 5. The van der Waals surface area contributed by atoms with Crippen molar-refractivity contribution in [2.24, 2.45) is 0 Å². The molecule has 0 saturated carbocycles. The number of halogens is 1. The number of nitrogens with zero attached hydrogens (tertiary/aromatic N) is 1. The van der Waals surface area contributed by atoms with Crippen LogP contribution in [0.5, 0.6) is 11.5 Å². The maximum absolute atomic E-state index is 10.2. The normalized spacial score (nSPS) is 12.2. The first-order valence-electron chi connectivity index (χ1n) is 5.62. The minimum Gasteiger partial charge on any atom is -0.493 e. The molecule has 6 heteroatoms. The van der Waals surface area contributed by atoms with E-state index in [9.17, 15) is 5.11 Å². The molecule has 0 bridgehead atoms. The highest BCUT2D eigenvalue weighted by molar-refractivity contribution is 7.09. The van der Waals surface area contributed by atoms with Crippen LogP contribution in [0.2, 0.25) is 5.02 Å². The van der Waals surface area contributed by atoms with Crippen LogP contribution in [0.3, 0.4) is 0 Å². The van der Waals surface area contributed by atoms with Crippen LogP contribution >= 0.6 is 22.9 Å². The fraction of sp³-hybridized carbons (Fsp3) is 0.308. The summed E-state index contributed by atoms with van der Waals surface area (Å²) in [6.45, 7) is 0. The quantitative estimate of drug-likeness (QED) is 0.922. The second-order valence-corrected chi connectivity index (χ2v) is 5.30. The summed E-state index contributed by atoms with van der Waals surface area (Å²) >= 11 is 7.62. The van der Waals surface area contributed by atoms with Crippen LogP contribution in [0.4, 0.5) is 0 Å². The fourth-order valence-electron chi connectivity index (χ4n) is 1.78. The summed E-state index contributed by atoms with van der Waals surface area (Å²) < 4.78 is 10.4. The molecule has 19 heavy (non-hydrogen) atoms. The molecule has 1 aromatic heterocycles. The van der Waals surface area contributed by atoms with Crippen molar-refractivity contribution >= 4 is 22.9 Å². The van der Waals surface area contributed by atoms with Gasteiger partial charge in [-0.25, -0.2) is 0 Å². The number of thiazole rings is 1. The Morgan fingerprint density at radius 2 is 2.16 bits per heavy atom. The zero-order valence-electron chi connectivity index (χ0n) is 10.6. The van der Waals surface area contributed by atoms with E-state index in [1.165, 1.54) is 25.6 Å². The smallest absolute Gasteiger partial charge is 0.179 e. The number of aliphatic hydroxyl groups excluding tert-OH is 1. The molecule has 0 amide bonds. The van der Waals surface area contributed by atoms with Crippen molar-refractivity contribution in [2.45, 2.75) is 12.5 Å². The predicted octanol–water partition coefficient (Wildman–Crippen LogP) is 3.09. The van der Waals surface area contributed by atoms with Crippen LogP contribution in [0.15, 0.2) is 23.8 Å². The Balaban J connectivity index is 2.27. The molecule has 1 unspecified atom stereocenters. The summed E-state index contributed by atoms with van der Waals surface area (Å²) in [4.78, 5) is 5.00. The van der Waals surface area contributed by atoms with Crippen molar-refractivity contribution in [3.05, 3.63) is 39.3 Å². The Morgan fingerprint density at radius 3 is 2.74 bits per heavy atom. The molecule has 4 nitrogen and oxygen atoms in total. The first-order valence-corrected chi connectivity index (χ1v) is 6.88. The molecule has 0 radical (unpaired) electrons. The number of hydrogen-bond acceptors (Lipinski definition) is 5. The number of hydrogen-bond donors (Lipinski definition) is 1. The SMILES string of the molecule is COc1cc(C(O)Cc2cncs2)cc(Cl)c1OC. The van der Waals surface area contributed by atoms with Gasteiger partial charge in [-0.1, -0.05) is 11.6 Å². The standard InChI is InChI=1S/C13H14ClNO3S/c1-17-12-4-8(3-10(14)13(12)18-2)11(16)5-9-6-15-7-19-9/h3-4,6-7,11,16H,5H2,1-2H3. The van der Waals surface area contributed by atoms with Crippen LogP contribution in [-0.2, 0) is 6.42 Å². The van der Waals surface area contributed by atoms with Crippen molar-refractivity contribution in [1.82, 2.24) is 4.98 Å². The minimum absolute atomic E-state index is 0.417. The molecule has 0 aliphatic carbocycles. The second-order valence-electron chi connectivity index (χ2n) is 3.93. The number of benzene rings is 1. The zero-order valence-corrected chi connectivity index (χ0v) is 12.2. The molecule has 1 atom stereocenters. The van der Waals surface area contributed by atoms with E-state index in [-0.39, 0.29) is 0 Å². The Hall–Kier alpha value is -1.30. The van der Waals surface area contributed by atoms with Crippen molar-refractivity contribution in [1.29, 1.82) is 0 Å². The highest BCUT2D eigenvalue weighted by Gasteiger charge is 2.16. The topological polar surface area (TPSA) is 51.6 Å². The van der Waals surface area contributed by atoms with Crippen LogP contribution in [0, 0.1) is 0 Å². The van der Waals surface area contributed by atoms with E-state index in [1.807, 2.05) is 0 Å². The van der Waals surface area contributed by atoms with E-state index in [0.29, 0.717) is 28.5 Å². The van der Waals surface area contributed by atoms with Gasteiger partial charge in [-0.05, 0) is 17.7 Å². The molecule has 0 spiro atoms. The summed E-state index contributed by atoms with van der Waals surface area (Å²) in [5.74, 6) is 0.978. The molecule has 2 aromatic rings. The summed E-state index contributed by atoms with van der Waals surface area (Å²) in [6, 6.07) is 3.42. The lowest BCUT2D eigenvalue weighted by molar-refractivity contribution is 0.179. The molecule has 0 saturated heterocycles. The van der Waals surface area contributed by atoms with Crippen molar-refractivity contribution in [2.75, 3.05) is 14.2 Å². The molecule has 1 heterocycles. The fourth-order valence-corrected chi connectivity index (χ4v) is 2.71. The summed E-state index contributed by atoms with van der Waals surface area (Å²) in [7, 11) is 3.06. The van der Waals surface area contributed by atoms with E-state index < -0.39 is 6.10 Å². The van der Waals surface area contributed by atoms with Gasteiger partial charge in [0.15, 0.2) is 11.5 Å². The maximum atomic E-state index is 10.2. The minimum atomic E-state index is -0.655. The van der Waals surface area contributed by atoms with E-state index in [2.05, 4.69) is 4.98 Å². The van der Waals surface area contributed by atoms with Gasteiger partial charge in [-0.15, -0.1) is 11.3 Å². The highest BCUT2D eigenvalue weighted by Crippen LogP contribution is 2.38. The largest absolute Gasteiger partial charge is 0.493 e. The molecule has 1 N–H and O–H groups in total. The van der Waals surface area contributed by atoms with E-state index in [1.54, 1.807) is 23.8 Å². The van der Waals surface area contributed by atoms with Crippen molar-refractivity contribution in [3.63, 3.8) is 0 Å². The zero-order chi connectivity index (χ0) is 13.8. The molecule has 0 aliphatic rings. The second kappa shape index (κ2) is 6.23. The third kappa shape index (κ3) is 3.18. The Bertz CT molecular complexity index is 545. The molecule has 0 aliphatic heterocycles. The lowest BCUT2D eigenvalue weighted by atomic mass is 10.1. The average Bonchev–Trinajstić information content (AvgIpc) is 2.90. The molecule has 1 aromatic carbocycles.